The minimum absolute atomic E-state index is 0.0730. The summed E-state index contributed by atoms with van der Waals surface area (Å²) in [5.74, 6) is -0.719. The number of hydrogen-bond donors (Lipinski definition) is 3. The van der Waals surface area contributed by atoms with E-state index in [9.17, 15) is 22.4 Å². The Labute approximate surface area is 205 Å². The average Bonchev–Trinajstić information content (AvgIpc) is 2.78. The first-order valence-corrected chi connectivity index (χ1v) is 13.5. The third-order valence-corrected chi connectivity index (χ3v) is 8.57. The third kappa shape index (κ3) is 5.73. The van der Waals surface area contributed by atoms with Crippen LogP contribution in [0.3, 0.4) is 0 Å². The van der Waals surface area contributed by atoms with Crippen molar-refractivity contribution in [1.29, 1.82) is 0 Å². The molecule has 1 aliphatic heterocycles. The van der Waals surface area contributed by atoms with Crippen LogP contribution in [-0.4, -0.2) is 26.3 Å². The van der Waals surface area contributed by atoms with Crippen LogP contribution in [0.5, 0.6) is 0 Å². The van der Waals surface area contributed by atoms with Crippen molar-refractivity contribution in [3.05, 3.63) is 59.4 Å². The highest BCUT2D eigenvalue weighted by Crippen LogP contribution is 2.38. The maximum absolute atomic E-state index is 13.1. The Hall–Kier alpha value is -2.78. The fourth-order valence-corrected chi connectivity index (χ4v) is 6.33. The van der Waals surface area contributed by atoms with Crippen LogP contribution < -0.4 is 15.4 Å². The number of anilines is 1. The van der Waals surface area contributed by atoms with Crippen molar-refractivity contribution in [3.63, 3.8) is 0 Å². The fraction of sp³-hybridized carbons (Fsp3) is 0.462. The van der Waals surface area contributed by atoms with Crippen LogP contribution in [0, 0.1) is 11.7 Å². The number of rotatable bonds is 6. The summed E-state index contributed by atoms with van der Waals surface area (Å²) in [4.78, 5) is 24.9. The van der Waals surface area contributed by atoms with Gasteiger partial charge < -0.3 is 10.6 Å². The number of hydrogen-bond acceptors (Lipinski definition) is 4. The van der Waals surface area contributed by atoms with Crippen LogP contribution in [-0.2, 0) is 25.0 Å². The Morgan fingerprint density at radius 3 is 2.40 bits per heavy atom. The predicted molar refractivity (Wildman–Crippen MR) is 132 cm³/mol. The number of carbonyl (C=O) groups is 2. The van der Waals surface area contributed by atoms with Crippen LogP contribution in [0.4, 0.5) is 10.1 Å². The molecule has 2 aromatic carbocycles. The molecule has 0 saturated heterocycles. The van der Waals surface area contributed by atoms with Gasteiger partial charge in [0.25, 0.3) is 0 Å². The van der Waals surface area contributed by atoms with Gasteiger partial charge in [-0.25, -0.2) is 17.5 Å². The van der Waals surface area contributed by atoms with Crippen molar-refractivity contribution in [2.45, 2.75) is 75.3 Å². The molecular formula is C26H32FN3O4S. The minimum Gasteiger partial charge on any atom is -0.349 e. The van der Waals surface area contributed by atoms with Gasteiger partial charge in [-0.05, 0) is 68.0 Å². The molecule has 0 spiro atoms. The second kappa shape index (κ2) is 9.70. The molecule has 3 N–H and O–H groups in total. The summed E-state index contributed by atoms with van der Waals surface area (Å²) < 4.78 is 42.0. The first kappa shape index (κ1) is 25.3. The maximum atomic E-state index is 13.1. The molecule has 0 aromatic heterocycles. The summed E-state index contributed by atoms with van der Waals surface area (Å²) >= 11 is 0. The summed E-state index contributed by atoms with van der Waals surface area (Å²) in [5, 5.41) is 5.76. The standard InChI is InChI=1S/C26H32FN3O4S/c1-16(17-4-8-19(27)9-5-17)28-25(32)18-6-10-20(11-7-18)30-35(33,34)21-12-13-22-23(14-21)29-24(31)15-26(22,2)3/h4-5,8-9,12-14,16,18,20,30H,6-7,10-11,15H2,1-3H3,(H,28,32)(H,29,31)/t16-,18-,20-/m1/s1. The van der Waals surface area contributed by atoms with Crippen molar-refractivity contribution in [3.8, 4) is 0 Å². The van der Waals surface area contributed by atoms with E-state index in [-0.39, 0.29) is 45.9 Å². The molecular weight excluding hydrogens is 469 g/mol. The summed E-state index contributed by atoms with van der Waals surface area (Å²) in [6.45, 7) is 5.78. The molecule has 1 heterocycles. The number of sulfonamides is 1. The van der Waals surface area contributed by atoms with Gasteiger partial charge in [0, 0.05) is 29.5 Å². The van der Waals surface area contributed by atoms with Crippen molar-refractivity contribution >= 4 is 27.5 Å². The zero-order chi connectivity index (χ0) is 25.4. The molecule has 1 aliphatic carbocycles. The Kier molecular flexibility index (Phi) is 7.02. The van der Waals surface area contributed by atoms with Crippen molar-refractivity contribution < 1.29 is 22.4 Å². The third-order valence-electron chi connectivity index (χ3n) is 7.06. The van der Waals surface area contributed by atoms with E-state index in [4.69, 9.17) is 0 Å². The van der Waals surface area contributed by atoms with Gasteiger partial charge in [-0.1, -0.05) is 32.0 Å². The second-order valence-corrected chi connectivity index (χ2v) is 12.0. The molecule has 35 heavy (non-hydrogen) atoms. The lowest BCUT2D eigenvalue weighted by Crippen LogP contribution is -2.41. The molecule has 7 nitrogen and oxygen atoms in total. The Balaban J connectivity index is 1.34. The summed E-state index contributed by atoms with van der Waals surface area (Å²) in [6.07, 6.45) is 2.60. The van der Waals surface area contributed by atoms with Gasteiger partial charge in [-0.2, -0.15) is 0 Å². The number of fused-ring (bicyclic) bond motifs is 1. The van der Waals surface area contributed by atoms with E-state index in [0.29, 0.717) is 37.8 Å². The van der Waals surface area contributed by atoms with Crippen LogP contribution in [0.2, 0.25) is 0 Å². The molecule has 1 fully saturated rings. The van der Waals surface area contributed by atoms with Crippen LogP contribution in [0.25, 0.3) is 0 Å². The lowest BCUT2D eigenvalue weighted by molar-refractivity contribution is -0.126. The van der Waals surface area contributed by atoms with Gasteiger partial charge in [0.15, 0.2) is 0 Å². The summed E-state index contributed by atoms with van der Waals surface area (Å²) in [7, 11) is -3.78. The molecule has 0 bridgehead atoms. The molecule has 1 saturated carbocycles. The smallest absolute Gasteiger partial charge is 0.240 e. The first-order chi connectivity index (χ1) is 16.4. The summed E-state index contributed by atoms with van der Waals surface area (Å²) in [5.41, 5.74) is 1.91. The topological polar surface area (TPSA) is 104 Å². The number of benzene rings is 2. The second-order valence-electron chi connectivity index (χ2n) is 10.3. The van der Waals surface area contributed by atoms with Crippen molar-refractivity contribution in [1.82, 2.24) is 10.0 Å². The van der Waals surface area contributed by atoms with Crippen LogP contribution >= 0.6 is 0 Å². The zero-order valence-electron chi connectivity index (χ0n) is 20.2. The molecule has 188 valence electrons. The van der Waals surface area contributed by atoms with Gasteiger partial charge in [-0.3, -0.25) is 9.59 Å². The molecule has 1 atom stereocenters. The van der Waals surface area contributed by atoms with E-state index in [1.807, 2.05) is 20.8 Å². The van der Waals surface area contributed by atoms with Crippen LogP contribution in [0.1, 0.15) is 70.0 Å². The maximum Gasteiger partial charge on any atom is 0.240 e. The Morgan fingerprint density at radius 2 is 1.74 bits per heavy atom. The highest BCUT2D eigenvalue weighted by molar-refractivity contribution is 7.89. The first-order valence-electron chi connectivity index (χ1n) is 12.0. The highest BCUT2D eigenvalue weighted by Gasteiger charge is 2.34. The molecule has 4 rings (SSSR count). The molecule has 2 aliphatic rings. The molecule has 0 radical (unpaired) electrons. The van der Waals surface area contributed by atoms with Gasteiger partial charge in [0.05, 0.1) is 10.9 Å². The monoisotopic (exact) mass is 501 g/mol. The van der Waals surface area contributed by atoms with Gasteiger partial charge in [-0.15, -0.1) is 0 Å². The number of carbonyl (C=O) groups excluding carboxylic acids is 2. The Morgan fingerprint density at radius 1 is 1.09 bits per heavy atom. The van der Waals surface area contributed by atoms with Crippen LogP contribution in [0.15, 0.2) is 47.4 Å². The van der Waals surface area contributed by atoms with E-state index in [2.05, 4.69) is 15.4 Å². The quantitative estimate of drug-likeness (QED) is 0.553. The molecule has 9 heteroatoms. The lowest BCUT2D eigenvalue weighted by atomic mass is 9.78. The van der Waals surface area contributed by atoms with E-state index >= 15 is 0 Å². The van der Waals surface area contributed by atoms with E-state index < -0.39 is 10.0 Å². The zero-order valence-corrected chi connectivity index (χ0v) is 21.0. The van der Waals surface area contributed by atoms with E-state index in [0.717, 1.165) is 11.1 Å². The van der Waals surface area contributed by atoms with Crippen molar-refractivity contribution in [2.75, 3.05) is 5.32 Å². The summed E-state index contributed by atoms with van der Waals surface area (Å²) in [6, 6.07) is 10.4. The minimum atomic E-state index is -3.78. The average molecular weight is 502 g/mol. The molecule has 2 aromatic rings. The van der Waals surface area contributed by atoms with Crippen molar-refractivity contribution in [2.24, 2.45) is 5.92 Å². The molecule has 2 amide bonds. The predicted octanol–water partition coefficient (Wildman–Crippen LogP) is 4.16. The Bertz CT molecular complexity index is 1220. The highest BCUT2D eigenvalue weighted by atomic mass is 32.2. The van der Waals surface area contributed by atoms with E-state index in [1.54, 1.807) is 24.3 Å². The number of nitrogens with one attached hydrogen (secondary N) is 3. The SMILES string of the molecule is C[C@@H](NC(=O)[C@H]1CC[C@H](NS(=O)(=O)c2ccc3c(c2)NC(=O)CC3(C)C)CC1)c1ccc(F)cc1. The fourth-order valence-electron chi connectivity index (χ4n) is 5.00. The lowest BCUT2D eigenvalue weighted by Gasteiger charge is -2.32. The van der Waals surface area contributed by atoms with Gasteiger partial charge in [0.2, 0.25) is 21.8 Å². The largest absolute Gasteiger partial charge is 0.349 e. The number of halogens is 1. The molecule has 0 unspecified atom stereocenters. The van der Waals surface area contributed by atoms with Gasteiger partial charge in [0.1, 0.15) is 5.82 Å². The van der Waals surface area contributed by atoms with E-state index in [1.165, 1.54) is 18.2 Å². The number of amides is 2. The normalized spacial score (nSPS) is 22.6. The van der Waals surface area contributed by atoms with Gasteiger partial charge >= 0.3 is 0 Å².